The molecule has 0 bridgehead atoms. The van der Waals surface area contributed by atoms with Crippen molar-refractivity contribution < 1.29 is 5.02 Å². The summed E-state index contributed by atoms with van der Waals surface area (Å²) in [4.78, 5) is 16.0. The van der Waals surface area contributed by atoms with Crippen molar-refractivity contribution in [2.75, 3.05) is 0 Å². The molecule has 0 amide bonds. The maximum atomic E-state index is 8.00. The Bertz CT molecular complexity index is 31.4. The fourth-order valence-electron chi connectivity index (χ4n) is 0. The fraction of sp³-hybridized carbons (Fsp3) is 0. The first kappa shape index (κ1) is 15.8. The zero-order valence-electron chi connectivity index (χ0n) is 3.55. The number of hydrogen-bond donors (Lipinski definition) is 1. The van der Waals surface area contributed by atoms with Crippen molar-refractivity contribution in [1.29, 1.82) is 0 Å². The van der Waals surface area contributed by atoms with Gasteiger partial charge in [-0.3, -0.25) is 0 Å². The molecule has 8 heteroatoms. The Morgan fingerprint density at radius 1 is 1.12 bits per heavy atom. The third kappa shape index (κ3) is 51.1. The van der Waals surface area contributed by atoms with Crippen LogP contribution in [0.15, 0.2) is 10.7 Å². The van der Waals surface area contributed by atoms with Gasteiger partial charge in [0.05, 0.1) is 0 Å². The SMILES string of the molecule is O=N[O-].O=N[O-].[B+2]O. The molecular weight excluding hydrogens is 119 g/mol. The standard InChI is InChI=1S/BHO.2HNO2/c1-2;2*2-1-3/h2H;2*(H,2,3)/q+2;;/p-2. The van der Waals surface area contributed by atoms with Gasteiger partial charge in [0.15, 0.2) is 0 Å². The second kappa shape index (κ2) is 199. The van der Waals surface area contributed by atoms with Crippen LogP contribution in [0.25, 0.3) is 0 Å². The summed E-state index contributed by atoms with van der Waals surface area (Å²) >= 11 is 0. The molecule has 0 heterocycles. The maximum absolute atomic E-state index is 8.00. The van der Waals surface area contributed by atoms with Crippen LogP contribution in [-0.2, 0) is 0 Å². The van der Waals surface area contributed by atoms with Crippen LogP contribution in [0.3, 0.4) is 0 Å². The zero-order valence-corrected chi connectivity index (χ0v) is 3.55. The Morgan fingerprint density at radius 3 is 1.12 bits per heavy atom. The van der Waals surface area contributed by atoms with Crippen molar-refractivity contribution in [2.45, 2.75) is 0 Å². The zero-order chi connectivity index (χ0) is 7.41. The van der Waals surface area contributed by atoms with Crippen LogP contribution in [0.2, 0.25) is 0 Å². The molecule has 0 radical (unpaired) electrons. The topological polar surface area (TPSA) is 125 Å². The van der Waals surface area contributed by atoms with Gasteiger partial charge < -0.3 is 20.2 Å². The van der Waals surface area contributed by atoms with Gasteiger partial charge in [-0.05, 0) is 0 Å². The average Bonchev–Trinajstić information content (AvgIpc) is 1.75. The minimum absolute atomic E-state index is 1.00. The number of rotatable bonds is 0. The molecule has 0 atom stereocenters. The van der Waals surface area contributed by atoms with Crippen LogP contribution in [0.4, 0.5) is 0 Å². The third-order valence-electron chi connectivity index (χ3n) is 0. The molecule has 0 fully saturated rings. The molecule has 0 aliphatic carbocycles. The van der Waals surface area contributed by atoms with Gasteiger partial charge >= 0.3 is 13.1 Å². The third-order valence-corrected chi connectivity index (χ3v) is 0. The summed E-state index contributed by atoms with van der Waals surface area (Å²) in [6.07, 6.45) is 0. The molecule has 44 valence electrons. The molecular formula is HBN2O5. The first-order chi connectivity index (χ1) is 3.83. The van der Waals surface area contributed by atoms with E-state index in [4.69, 9.17) is 25.3 Å². The summed E-state index contributed by atoms with van der Waals surface area (Å²) in [5.74, 6) is 0. The Labute approximate surface area is 45.3 Å². The summed E-state index contributed by atoms with van der Waals surface area (Å²) in [6, 6.07) is 0. The normalized spacial score (nSPS) is 3.88. The molecule has 0 aromatic heterocycles. The van der Waals surface area contributed by atoms with Gasteiger partial charge in [-0.25, -0.2) is 0 Å². The Morgan fingerprint density at radius 2 is 1.12 bits per heavy atom. The van der Waals surface area contributed by atoms with Gasteiger partial charge in [0.1, 0.15) is 0 Å². The van der Waals surface area contributed by atoms with Crippen LogP contribution in [0.5, 0.6) is 0 Å². The van der Waals surface area contributed by atoms with Crippen molar-refractivity contribution >= 4 is 8.05 Å². The van der Waals surface area contributed by atoms with E-state index in [0.29, 0.717) is 0 Å². The number of nitrogens with zero attached hydrogens (tertiary/aromatic N) is 2. The van der Waals surface area contributed by atoms with E-state index in [1.54, 1.807) is 0 Å². The molecule has 0 spiro atoms. The molecule has 0 saturated heterocycles. The van der Waals surface area contributed by atoms with Crippen molar-refractivity contribution in [3.63, 3.8) is 0 Å². The van der Waals surface area contributed by atoms with E-state index < -0.39 is 0 Å². The van der Waals surface area contributed by atoms with Crippen molar-refractivity contribution in [1.82, 2.24) is 0 Å². The van der Waals surface area contributed by atoms with E-state index in [1.165, 1.54) is 0 Å². The van der Waals surface area contributed by atoms with E-state index in [1.807, 2.05) is 0 Å². The van der Waals surface area contributed by atoms with Crippen molar-refractivity contribution in [2.24, 2.45) is 10.7 Å². The van der Waals surface area contributed by atoms with E-state index in [0.717, 1.165) is 10.7 Å². The fourth-order valence-corrected chi connectivity index (χ4v) is 0. The quantitative estimate of drug-likeness (QED) is 0.263. The van der Waals surface area contributed by atoms with Crippen molar-refractivity contribution in [3.05, 3.63) is 20.2 Å². The Hall–Kier alpha value is -1.18. The van der Waals surface area contributed by atoms with Crippen LogP contribution in [-0.4, -0.2) is 13.1 Å². The summed E-state index contributed by atoms with van der Waals surface area (Å²) in [6.45, 7) is 0. The summed E-state index contributed by atoms with van der Waals surface area (Å²) < 4.78 is 0. The van der Waals surface area contributed by atoms with Gasteiger partial charge in [0, 0.05) is 0 Å². The van der Waals surface area contributed by atoms with Crippen LogP contribution >= 0.6 is 0 Å². The van der Waals surface area contributed by atoms with Gasteiger partial charge in [-0.1, -0.05) is 0 Å². The van der Waals surface area contributed by atoms with Gasteiger partial charge in [0.25, 0.3) is 0 Å². The second-order valence-corrected chi connectivity index (χ2v) is 0.149. The molecule has 7 nitrogen and oxygen atoms in total. The van der Waals surface area contributed by atoms with E-state index in [-0.39, 0.29) is 0 Å². The Balaban J connectivity index is -0.0000000483. The van der Waals surface area contributed by atoms with Gasteiger partial charge in [0.2, 0.25) is 0 Å². The minimum atomic E-state index is 1.00. The molecule has 0 unspecified atom stereocenters. The predicted octanol–water partition coefficient (Wildman–Crippen LogP) is -0.437. The first-order valence-corrected chi connectivity index (χ1v) is 0.988. The van der Waals surface area contributed by atoms with Crippen LogP contribution in [0.1, 0.15) is 0 Å². The molecule has 0 aliphatic rings. The van der Waals surface area contributed by atoms with Crippen molar-refractivity contribution in [3.8, 4) is 0 Å². The van der Waals surface area contributed by atoms with Gasteiger partial charge in [-0.2, -0.15) is 0 Å². The van der Waals surface area contributed by atoms with E-state index in [2.05, 4.69) is 8.05 Å². The van der Waals surface area contributed by atoms with Crippen LogP contribution in [0, 0.1) is 20.2 Å². The molecule has 8 heavy (non-hydrogen) atoms. The molecule has 0 aromatic carbocycles. The Kier molecular flexibility index (Phi) is 394. The van der Waals surface area contributed by atoms with E-state index >= 15 is 0 Å². The molecule has 0 rings (SSSR count). The summed E-state index contributed by atoms with van der Waals surface area (Å²) in [5, 5.41) is 24.5. The molecule has 0 aliphatic heterocycles. The number of hydrogen-bond acceptors (Lipinski definition) is 7. The molecule has 0 aromatic rings. The average molecular weight is 120 g/mol. The monoisotopic (exact) mass is 120 g/mol. The molecule has 0 saturated carbocycles. The predicted molar refractivity (Wildman–Crippen MR) is 26.3 cm³/mol. The van der Waals surface area contributed by atoms with Crippen LogP contribution < -0.4 is 0 Å². The molecule has 1 N–H and O–H groups in total. The summed E-state index contributed by atoms with van der Waals surface area (Å²) in [5.41, 5.74) is 0. The summed E-state index contributed by atoms with van der Waals surface area (Å²) in [7, 11) is 3.50. The second-order valence-electron chi connectivity index (χ2n) is 0.149. The first-order valence-electron chi connectivity index (χ1n) is 0.988. The van der Waals surface area contributed by atoms with Gasteiger partial charge in [-0.15, -0.1) is 10.7 Å². The van der Waals surface area contributed by atoms with E-state index in [9.17, 15) is 0 Å².